The lowest BCUT2D eigenvalue weighted by molar-refractivity contribution is 0.522. The van der Waals surface area contributed by atoms with Gasteiger partial charge in [0.15, 0.2) is 0 Å². The van der Waals surface area contributed by atoms with E-state index in [1.165, 1.54) is 33.4 Å². The van der Waals surface area contributed by atoms with Crippen molar-refractivity contribution in [3.63, 3.8) is 0 Å². The SMILES string of the molecule is CC(C)c1cccc(C(C)C)c1CC(N)CNCC(N)Cc1c(C(C)C)cccc1C(C)C. The number of hydrogen-bond donors (Lipinski definition) is 3. The Kier molecular flexibility index (Phi) is 10.6. The van der Waals surface area contributed by atoms with Gasteiger partial charge in [0, 0.05) is 25.2 Å². The van der Waals surface area contributed by atoms with Crippen molar-refractivity contribution < 1.29 is 0 Å². The molecule has 0 saturated heterocycles. The van der Waals surface area contributed by atoms with Crippen LogP contribution >= 0.6 is 0 Å². The smallest absolute Gasteiger partial charge is 0.0206 e. The molecule has 3 nitrogen and oxygen atoms in total. The van der Waals surface area contributed by atoms with Gasteiger partial charge in [-0.3, -0.25) is 0 Å². The van der Waals surface area contributed by atoms with Gasteiger partial charge in [0.25, 0.3) is 0 Å². The molecule has 0 radical (unpaired) electrons. The predicted octanol–water partition coefficient (Wildman–Crippen LogP) is 6.21. The van der Waals surface area contributed by atoms with Crippen LogP contribution < -0.4 is 16.8 Å². The normalized spacial score (nSPS) is 14.0. The molecule has 0 aliphatic heterocycles. The Morgan fingerprint density at radius 1 is 0.545 bits per heavy atom. The standard InChI is InChI=1S/C30H49N3/c1-19(2)25-11-9-12-26(20(3)4)29(25)15-23(31)17-33-18-24(32)16-30-27(21(5)6)13-10-14-28(30)22(7)8/h9-14,19-24,33H,15-18,31-32H2,1-8H3. The first-order chi connectivity index (χ1) is 15.5. The van der Waals surface area contributed by atoms with Gasteiger partial charge in [-0.15, -0.1) is 0 Å². The summed E-state index contributed by atoms with van der Waals surface area (Å²) in [6, 6.07) is 13.6. The van der Waals surface area contributed by atoms with Gasteiger partial charge in [-0.2, -0.15) is 0 Å². The summed E-state index contributed by atoms with van der Waals surface area (Å²) in [5, 5.41) is 3.57. The van der Waals surface area contributed by atoms with Crippen LogP contribution in [0.3, 0.4) is 0 Å². The average molecular weight is 452 g/mol. The quantitative estimate of drug-likeness (QED) is 0.359. The van der Waals surface area contributed by atoms with Gasteiger partial charge in [-0.25, -0.2) is 0 Å². The molecule has 2 rings (SSSR count). The summed E-state index contributed by atoms with van der Waals surface area (Å²) in [5.41, 5.74) is 21.8. The molecule has 3 heteroatoms. The second kappa shape index (κ2) is 12.7. The van der Waals surface area contributed by atoms with Crippen molar-refractivity contribution in [1.82, 2.24) is 5.32 Å². The summed E-state index contributed by atoms with van der Waals surface area (Å²) in [7, 11) is 0. The fraction of sp³-hybridized carbons (Fsp3) is 0.600. The molecule has 0 bridgehead atoms. The van der Waals surface area contributed by atoms with Gasteiger partial charge < -0.3 is 16.8 Å². The molecule has 0 aromatic heterocycles. The lowest BCUT2D eigenvalue weighted by Gasteiger charge is -2.24. The summed E-state index contributed by atoms with van der Waals surface area (Å²) in [6.07, 6.45) is 1.80. The highest BCUT2D eigenvalue weighted by Gasteiger charge is 2.18. The maximum atomic E-state index is 6.61. The summed E-state index contributed by atoms with van der Waals surface area (Å²) < 4.78 is 0. The Balaban J connectivity index is 2.01. The van der Waals surface area contributed by atoms with E-state index >= 15 is 0 Å². The van der Waals surface area contributed by atoms with Crippen molar-refractivity contribution in [1.29, 1.82) is 0 Å². The lowest BCUT2D eigenvalue weighted by atomic mass is 9.85. The summed E-state index contributed by atoms with van der Waals surface area (Å²) >= 11 is 0. The van der Waals surface area contributed by atoms with E-state index in [0.717, 1.165) is 25.9 Å². The maximum absolute atomic E-state index is 6.61. The van der Waals surface area contributed by atoms with Crippen LogP contribution in [0.15, 0.2) is 36.4 Å². The van der Waals surface area contributed by atoms with E-state index in [-0.39, 0.29) is 12.1 Å². The summed E-state index contributed by atoms with van der Waals surface area (Å²) in [6.45, 7) is 19.7. The van der Waals surface area contributed by atoms with E-state index in [0.29, 0.717) is 23.7 Å². The minimum Gasteiger partial charge on any atom is -0.326 e. The van der Waals surface area contributed by atoms with Gasteiger partial charge in [-0.05, 0) is 69.9 Å². The Labute approximate surface area is 203 Å². The molecule has 2 atom stereocenters. The molecular weight excluding hydrogens is 402 g/mol. The first kappa shape index (κ1) is 27.6. The van der Waals surface area contributed by atoms with Crippen LogP contribution in [0.1, 0.15) is 112 Å². The topological polar surface area (TPSA) is 64.1 Å². The van der Waals surface area contributed by atoms with Crippen LogP contribution in [0.5, 0.6) is 0 Å². The van der Waals surface area contributed by atoms with Crippen LogP contribution in [0.2, 0.25) is 0 Å². The fourth-order valence-corrected chi connectivity index (χ4v) is 5.00. The zero-order valence-electron chi connectivity index (χ0n) is 22.4. The Morgan fingerprint density at radius 2 is 0.818 bits per heavy atom. The average Bonchev–Trinajstić information content (AvgIpc) is 2.73. The Morgan fingerprint density at radius 3 is 1.06 bits per heavy atom. The second-order valence-corrected chi connectivity index (χ2v) is 11.0. The minimum absolute atomic E-state index is 0.0729. The largest absolute Gasteiger partial charge is 0.326 e. The van der Waals surface area contributed by atoms with E-state index in [1.807, 2.05) is 0 Å². The van der Waals surface area contributed by atoms with E-state index in [2.05, 4.69) is 97.1 Å². The molecule has 0 heterocycles. The minimum atomic E-state index is 0.0729. The van der Waals surface area contributed by atoms with Crippen LogP contribution in [0.25, 0.3) is 0 Å². The molecule has 5 N–H and O–H groups in total. The van der Waals surface area contributed by atoms with Gasteiger partial charge in [0.05, 0.1) is 0 Å². The molecule has 0 saturated carbocycles. The van der Waals surface area contributed by atoms with E-state index < -0.39 is 0 Å². The lowest BCUT2D eigenvalue weighted by Crippen LogP contribution is -2.42. The van der Waals surface area contributed by atoms with E-state index in [4.69, 9.17) is 11.5 Å². The van der Waals surface area contributed by atoms with Crippen LogP contribution in [0, 0.1) is 0 Å². The van der Waals surface area contributed by atoms with Crippen molar-refractivity contribution in [2.45, 2.75) is 104 Å². The Bertz CT molecular complexity index is 743. The zero-order chi connectivity index (χ0) is 24.7. The molecular formula is C30H49N3. The van der Waals surface area contributed by atoms with Crippen molar-refractivity contribution in [3.8, 4) is 0 Å². The third-order valence-electron chi connectivity index (χ3n) is 6.73. The molecule has 2 aromatic rings. The molecule has 0 spiro atoms. The molecule has 2 unspecified atom stereocenters. The first-order valence-electron chi connectivity index (χ1n) is 13.0. The predicted molar refractivity (Wildman–Crippen MR) is 145 cm³/mol. The summed E-state index contributed by atoms with van der Waals surface area (Å²) in [5.74, 6) is 2.01. The third kappa shape index (κ3) is 7.67. The highest BCUT2D eigenvalue weighted by atomic mass is 14.9. The second-order valence-electron chi connectivity index (χ2n) is 11.0. The van der Waals surface area contributed by atoms with Crippen molar-refractivity contribution in [2.75, 3.05) is 13.1 Å². The zero-order valence-corrected chi connectivity index (χ0v) is 22.4. The van der Waals surface area contributed by atoms with E-state index in [9.17, 15) is 0 Å². The fourth-order valence-electron chi connectivity index (χ4n) is 5.00. The van der Waals surface area contributed by atoms with Crippen molar-refractivity contribution in [2.24, 2.45) is 11.5 Å². The molecule has 184 valence electrons. The number of nitrogens with two attached hydrogens (primary N) is 2. The van der Waals surface area contributed by atoms with Crippen molar-refractivity contribution in [3.05, 3.63) is 69.8 Å². The molecule has 0 amide bonds. The molecule has 0 aliphatic carbocycles. The number of benzene rings is 2. The number of hydrogen-bond acceptors (Lipinski definition) is 3. The van der Waals surface area contributed by atoms with Gasteiger partial charge in [0.2, 0.25) is 0 Å². The highest BCUT2D eigenvalue weighted by Crippen LogP contribution is 2.29. The van der Waals surface area contributed by atoms with Gasteiger partial charge >= 0.3 is 0 Å². The molecule has 0 fully saturated rings. The third-order valence-corrected chi connectivity index (χ3v) is 6.73. The highest BCUT2D eigenvalue weighted by molar-refractivity contribution is 5.40. The van der Waals surface area contributed by atoms with Crippen LogP contribution in [-0.4, -0.2) is 25.2 Å². The van der Waals surface area contributed by atoms with Crippen LogP contribution in [0.4, 0.5) is 0 Å². The molecule has 0 aliphatic rings. The number of rotatable bonds is 12. The maximum Gasteiger partial charge on any atom is 0.0206 e. The Hall–Kier alpha value is -1.68. The number of nitrogens with one attached hydrogen (secondary N) is 1. The van der Waals surface area contributed by atoms with Crippen molar-refractivity contribution >= 4 is 0 Å². The first-order valence-corrected chi connectivity index (χ1v) is 13.0. The van der Waals surface area contributed by atoms with Crippen LogP contribution in [-0.2, 0) is 12.8 Å². The van der Waals surface area contributed by atoms with Gasteiger partial charge in [-0.1, -0.05) is 91.8 Å². The molecule has 2 aromatic carbocycles. The summed E-state index contributed by atoms with van der Waals surface area (Å²) in [4.78, 5) is 0. The monoisotopic (exact) mass is 451 g/mol. The van der Waals surface area contributed by atoms with Gasteiger partial charge in [0.1, 0.15) is 0 Å². The van der Waals surface area contributed by atoms with E-state index in [1.54, 1.807) is 0 Å². The molecule has 33 heavy (non-hydrogen) atoms.